The van der Waals surface area contributed by atoms with Crippen molar-refractivity contribution < 1.29 is 4.79 Å². The van der Waals surface area contributed by atoms with Crippen molar-refractivity contribution in [2.45, 2.75) is 19.8 Å². The first-order chi connectivity index (χ1) is 6.11. The summed E-state index contributed by atoms with van der Waals surface area (Å²) in [7, 11) is 0. The molecule has 0 amide bonds. The average molecular weight is 179 g/mol. The van der Waals surface area contributed by atoms with E-state index >= 15 is 0 Å². The van der Waals surface area contributed by atoms with Gasteiger partial charge in [-0.1, -0.05) is 5.57 Å². The van der Waals surface area contributed by atoms with Gasteiger partial charge in [-0.25, -0.2) is 0 Å². The number of aromatic nitrogens is 2. The number of nitrogens with zero attached hydrogens (tertiary/aromatic N) is 1. The van der Waals surface area contributed by atoms with Gasteiger partial charge in [0.15, 0.2) is 5.78 Å². The number of nitrogen functional groups attached to an aromatic ring is 1. The Morgan fingerprint density at radius 1 is 1.69 bits per heavy atom. The summed E-state index contributed by atoms with van der Waals surface area (Å²) in [5.41, 5.74) is 6.96. The van der Waals surface area contributed by atoms with Gasteiger partial charge in [-0.3, -0.25) is 9.89 Å². The number of nitrogens with one attached hydrogen (secondary N) is 1. The number of hydrogen-bond acceptors (Lipinski definition) is 3. The highest BCUT2D eigenvalue weighted by Gasteiger charge is 2.10. The Morgan fingerprint density at radius 2 is 2.38 bits per heavy atom. The van der Waals surface area contributed by atoms with Crippen molar-refractivity contribution in [1.29, 1.82) is 0 Å². The van der Waals surface area contributed by atoms with Crippen LogP contribution in [0, 0.1) is 0 Å². The van der Waals surface area contributed by atoms with Gasteiger partial charge in [0, 0.05) is 6.42 Å². The van der Waals surface area contributed by atoms with Gasteiger partial charge < -0.3 is 5.73 Å². The van der Waals surface area contributed by atoms with Crippen molar-refractivity contribution in [2.24, 2.45) is 0 Å². The molecule has 4 nitrogen and oxygen atoms in total. The van der Waals surface area contributed by atoms with Crippen LogP contribution in [0.15, 0.2) is 18.3 Å². The van der Waals surface area contributed by atoms with Gasteiger partial charge in [0.2, 0.25) is 0 Å². The van der Waals surface area contributed by atoms with Crippen molar-refractivity contribution in [3.8, 4) is 0 Å². The first-order valence-electron chi connectivity index (χ1n) is 4.07. The van der Waals surface area contributed by atoms with Crippen LogP contribution in [0.1, 0.15) is 30.1 Å². The van der Waals surface area contributed by atoms with Gasteiger partial charge >= 0.3 is 0 Å². The summed E-state index contributed by atoms with van der Waals surface area (Å²) in [6.07, 6.45) is 2.60. The van der Waals surface area contributed by atoms with E-state index in [-0.39, 0.29) is 5.78 Å². The monoisotopic (exact) mass is 179 g/mol. The number of rotatable bonds is 4. The van der Waals surface area contributed by atoms with E-state index in [1.54, 1.807) is 0 Å². The van der Waals surface area contributed by atoms with Gasteiger partial charge in [0.25, 0.3) is 0 Å². The lowest BCUT2D eigenvalue weighted by Crippen LogP contribution is -2.01. The molecule has 1 rings (SSSR count). The molecular formula is C9H13N3O. The molecule has 0 aliphatic rings. The van der Waals surface area contributed by atoms with Crippen molar-refractivity contribution >= 4 is 11.6 Å². The zero-order chi connectivity index (χ0) is 9.84. The third-order valence-electron chi connectivity index (χ3n) is 1.75. The van der Waals surface area contributed by atoms with Crippen molar-refractivity contribution in [1.82, 2.24) is 10.2 Å². The maximum atomic E-state index is 11.4. The van der Waals surface area contributed by atoms with E-state index in [0.29, 0.717) is 24.2 Å². The third kappa shape index (κ3) is 2.43. The Labute approximate surface area is 76.8 Å². The second-order valence-corrected chi connectivity index (χ2v) is 3.08. The maximum absolute atomic E-state index is 11.4. The molecule has 0 aromatic carbocycles. The molecule has 0 aliphatic heterocycles. The zero-order valence-electron chi connectivity index (χ0n) is 7.63. The molecule has 0 bridgehead atoms. The lowest BCUT2D eigenvalue weighted by atomic mass is 10.1. The van der Waals surface area contributed by atoms with Crippen LogP contribution in [0.4, 0.5) is 5.82 Å². The fraction of sp³-hybridized carbons (Fsp3) is 0.333. The molecule has 4 heteroatoms. The van der Waals surface area contributed by atoms with Gasteiger partial charge in [-0.2, -0.15) is 5.10 Å². The van der Waals surface area contributed by atoms with E-state index in [0.717, 1.165) is 5.57 Å². The molecule has 0 unspecified atom stereocenters. The van der Waals surface area contributed by atoms with Gasteiger partial charge in [-0.15, -0.1) is 6.58 Å². The predicted molar refractivity (Wildman–Crippen MR) is 51.4 cm³/mol. The minimum atomic E-state index is 0.00856. The fourth-order valence-electron chi connectivity index (χ4n) is 0.980. The van der Waals surface area contributed by atoms with Crippen LogP contribution in [0.5, 0.6) is 0 Å². The maximum Gasteiger partial charge on any atom is 0.168 e. The average Bonchev–Trinajstić information content (AvgIpc) is 2.47. The lowest BCUT2D eigenvalue weighted by molar-refractivity contribution is 0.0983. The van der Waals surface area contributed by atoms with Crippen LogP contribution >= 0.6 is 0 Å². The molecule has 1 aromatic heterocycles. The van der Waals surface area contributed by atoms with Crippen LogP contribution in [0.3, 0.4) is 0 Å². The Morgan fingerprint density at radius 3 is 2.85 bits per heavy atom. The number of H-pyrrole nitrogens is 1. The second-order valence-electron chi connectivity index (χ2n) is 3.08. The molecule has 13 heavy (non-hydrogen) atoms. The number of anilines is 1. The van der Waals surface area contributed by atoms with Crippen molar-refractivity contribution in [3.05, 3.63) is 23.9 Å². The van der Waals surface area contributed by atoms with Crippen LogP contribution in [0.25, 0.3) is 0 Å². The molecule has 0 saturated carbocycles. The first-order valence-corrected chi connectivity index (χ1v) is 4.07. The molecule has 0 atom stereocenters. The minimum Gasteiger partial charge on any atom is -0.383 e. The van der Waals surface area contributed by atoms with Crippen LogP contribution in [-0.2, 0) is 0 Å². The lowest BCUT2D eigenvalue weighted by Gasteiger charge is -1.98. The molecule has 0 radical (unpaired) electrons. The molecule has 1 aromatic rings. The number of ketones is 1. The normalized spacial score (nSPS) is 9.92. The highest BCUT2D eigenvalue weighted by Crippen LogP contribution is 2.12. The standard InChI is InChI=1S/C9H13N3O/c1-6(2)3-4-8(13)7-5-11-12-9(7)10/h5H,1,3-4H2,2H3,(H3,10,11,12). The molecule has 70 valence electrons. The van der Waals surface area contributed by atoms with Crippen molar-refractivity contribution in [3.63, 3.8) is 0 Å². The summed E-state index contributed by atoms with van der Waals surface area (Å²) < 4.78 is 0. The second kappa shape index (κ2) is 3.89. The summed E-state index contributed by atoms with van der Waals surface area (Å²) >= 11 is 0. The van der Waals surface area contributed by atoms with E-state index in [1.165, 1.54) is 6.20 Å². The SMILES string of the molecule is C=C(C)CCC(=O)c1cn[nH]c1N. The Kier molecular flexibility index (Phi) is 2.84. The summed E-state index contributed by atoms with van der Waals surface area (Å²) in [4.78, 5) is 11.4. The van der Waals surface area contributed by atoms with Gasteiger partial charge in [0.1, 0.15) is 5.82 Å². The van der Waals surface area contributed by atoms with E-state index in [4.69, 9.17) is 5.73 Å². The summed E-state index contributed by atoms with van der Waals surface area (Å²) in [5, 5.41) is 6.20. The fourth-order valence-corrected chi connectivity index (χ4v) is 0.980. The number of allylic oxidation sites excluding steroid dienone is 1. The summed E-state index contributed by atoms with van der Waals surface area (Å²) in [5.74, 6) is 0.348. The van der Waals surface area contributed by atoms with E-state index < -0.39 is 0 Å². The Bertz CT molecular complexity index is 327. The van der Waals surface area contributed by atoms with Crippen LogP contribution in [-0.4, -0.2) is 16.0 Å². The molecule has 3 N–H and O–H groups in total. The molecule has 0 saturated heterocycles. The largest absolute Gasteiger partial charge is 0.383 e. The number of nitrogens with two attached hydrogens (primary N) is 1. The zero-order valence-corrected chi connectivity index (χ0v) is 7.63. The van der Waals surface area contributed by atoms with Crippen molar-refractivity contribution in [2.75, 3.05) is 5.73 Å². The summed E-state index contributed by atoms with van der Waals surface area (Å²) in [6.45, 7) is 5.62. The molecule has 0 spiro atoms. The minimum absolute atomic E-state index is 0.00856. The number of aromatic amines is 1. The Hall–Kier alpha value is -1.58. The number of hydrogen-bond donors (Lipinski definition) is 2. The predicted octanol–water partition coefficient (Wildman–Crippen LogP) is 1.53. The van der Waals surface area contributed by atoms with E-state index in [1.807, 2.05) is 6.92 Å². The third-order valence-corrected chi connectivity index (χ3v) is 1.75. The number of Topliss-reactive ketones (excluding diaryl/α,β-unsaturated/α-hetero) is 1. The summed E-state index contributed by atoms with van der Waals surface area (Å²) in [6, 6.07) is 0. The number of carbonyl (C=O) groups is 1. The Balaban J connectivity index is 2.59. The molecular weight excluding hydrogens is 166 g/mol. The quantitative estimate of drug-likeness (QED) is 0.544. The first kappa shape index (κ1) is 9.51. The van der Waals surface area contributed by atoms with Crippen LogP contribution < -0.4 is 5.73 Å². The highest BCUT2D eigenvalue weighted by atomic mass is 16.1. The molecule has 0 fully saturated rings. The van der Waals surface area contributed by atoms with Gasteiger partial charge in [-0.05, 0) is 13.3 Å². The smallest absolute Gasteiger partial charge is 0.168 e. The van der Waals surface area contributed by atoms with E-state index in [2.05, 4.69) is 16.8 Å². The molecule has 1 heterocycles. The molecule has 0 aliphatic carbocycles. The highest BCUT2D eigenvalue weighted by molar-refractivity contribution is 5.99. The van der Waals surface area contributed by atoms with E-state index in [9.17, 15) is 4.79 Å². The van der Waals surface area contributed by atoms with Gasteiger partial charge in [0.05, 0.1) is 11.8 Å². The topological polar surface area (TPSA) is 71.8 Å². The van der Waals surface area contributed by atoms with Crippen LogP contribution in [0.2, 0.25) is 0 Å². The number of carbonyl (C=O) groups excluding carboxylic acids is 1.